The van der Waals surface area contributed by atoms with Crippen LogP contribution < -0.4 is 5.73 Å². The summed E-state index contributed by atoms with van der Waals surface area (Å²) in [4.78, 5) is 4.32. The molecule has 1 heterocycles. The van der Waals surface area contributed by atoms with Crippen molar-refractivity contribution >= 4 is 39.6 Å². The maximum Gasteiger partial charge on any atom is 0.201 e. The van der Waals surface area contributed by atoms with Crippen molar-refractivity contribution in [3.8, 4) is 0 Å². The van der Waals surface area contributed by atoms with Crippen molar-refractivity contribution in [2.75, 3.05) is 5.73 Å². The highest BCUT2D eigenvalue weighted by Crippen LogP contribution is 2.30. The van der Waals surface area contributed by atoms with Crippen LogP contribution >= 0.6 is 22.6 Å². The van der Waals surface area contributed by atoms with Crippen LogP contribution in [0.15, 0.2) is 12.1 Å². The molecule has 1 aromatic heterocycles. The summed E-state index contributed by atoms with van der Waals surface area (Å²) in [7, 11) is 0. The van der Waals surface area contributed by atoms with Crippen LogP contribution in [-0.2, 0) is 0 Å². The van der Waals surface area contributed by atoms with Crippen molar-refractivity contribution in [3.05, 3.63) is 21.5 Å². The molecule has 0 aliphatic carbocycles. The number of hydrogen-bond acceptors (Lipinski definition) is 2. The zero-order chi connectivity index (χ0) is 13.4. The van der Waals surface area contributed by atoms with Gasteiger partial charge in [0.2, 0.25) is 5.95 Å². The molecule has 1 aromatic carbocycles. The molecule has 2 atom stereocenters. The van der Waals surface area contributed by atoms with E-state index in [-0.39, 0.29) is 11.9 Å². The highest BCUT2D eigenvalue weighted by atomic mass is 127. The van der Waals surface area contributed by atoms with Crippen LogP contribution in [0.3, 0.4) is 0 Å². The van der Waals surface area contributed by atoms with Crippen molar-refractivity contribution in [1.29, 1.82) is 0 Å². The summed E-state index contributed by atoms with van der Waals surface area (Å²) in [6, 6.07) is 3.47. The van der Waals surface area contributed by atoms with Crippen LogP contribution in [0.2, 0.25) is 0 Å². The normalized spacial score (nSPS) is 14.9. The molecule has 5 heteroatoms. The van der Waals surface area contributed by atoms with E-state index in [0.717, 1.165) is 17.5 Å². The van der Waals surface area contributed by atoms with E-state index in [1.807, 2.05) is 27.2 Å². The monoisotopic (exact) mass is 361 g/mol. The lowest BCUT2D eigenvalue weighted by Crippen LogP contribution is -2.15. The molecule has 0 spiro atoms. The van der Waals surface area contributed by atoms with Crippen molar-refractivity contribution in [2.45, 2.75) is 33.2 Å². The van der Waals surface area contributed by atoms with E-state index < -0.39 is 0 Å². The highest BCUT2D eigenvalue weighted by molar-refractivity contribution is 14.1. The number of fused-ring (bicyclic) bond motifs is 1. The Morgan fingerprint density at radius 3 is 2.72 bits per heavy atom. The van der Waals surface area contributed by atoms with Gasteiger partial charge in [0.05, 0.1) is 14.6 Å². The number of nitrogen functional groups attached to an aromatic ring is 1. The summed E-state index contributed by atoms with van der Waals surface area (Å²) in [5.41, 5.74) is 7.51. The van der Waals surface area contributed by atoms with Gasteiger partial charge in [0.15, 0.2) is 0 Å². The van der Waals surface area contributed by atoms with Gasteiger partial charge < -0.3 is 10.3 Å². The number of hydrogen-bond donors (Lipinski definition) is 1. The van der Waals surface area contributed by atoms with Gasteiger partial charge in [0.1, 0.15) is 5.82 Å². The molecular formula is C13H17FIN3. The Hall–Kier alpha value is -0.850. The fraction of sp³-hybridized carbons (Fsp3) is 0.462. The third kappa shape index (κ3) is 2.20. The van der Waals surface area contributed by atoms with Crippen molar-refractivity contribution in [3.63, 3.8) is 0 Å². The molecule has 2 rings (SSSR count). The van der Waals surface area contributed by atoms with Gasteiger partial charge in [-0.25, -0.2) is 9.37 Å². The minimum absolute atomic E-state index is 0.208. The lowest BCUT2D eigenvalue weighted by Gasteiger charge is -2.21. The van der Waals surface area contributed by atoms with E-state index in [4.69, 9.17) is 5.73 Å². The van der Waals surface area contributed by atoms with E-state index >= 15 is 0 Å². The average Bonchev–Trinajstić information content (AvgIpc) is 2.63. The van der Waals surface area contributed by atoms with Gasteiger partial charge in [-0.05, 0) is 41.5 Å². The van der Waals surface area contributed by atoms with Crippen LogP contribution in [0.1, 0.15) is 33.2 Å². The van der Waals surface area contributed by atoms with E-state index in [2.05, 4.69) is 25.8 Å². The second-order valence-electron chi connectivity index (χ2n) is 4.72. The molecule has 0 aliphatic rings. The minimum atomic E-state index is -0.222. The Morgan fingerprint density at radius 2 is 2.11 bits per heavy atom. The molecular weight excluding hydrogens is 344 g/mol. The molecule has 0 saturated carbocycles. The third-order valence-electron chi connectivity index (χ3n) is 3.63. The first kappa shape index (κ1) is 13.6. The predicted octanol–water partition coefficient (Wildman–Crippen LogP) is 3.97. The van der Waals surface area contributed by atoms with E-state index in [1.54, 1.807) is 6.07 Å². The number of halogens is 2. The molecule has 0 aliphatic heterocycles. The standard InChI is InChI=1S/C13H17FIN3/c1-4-7(2)8(3)18-12-5-9(14)10(15)6-11(12)17-13(18)16/h5-8H,4H2,1-3H3,(H2,16,17). The van der Waals surface area contributed by atoms with Gasteiger partial charge >= 0.3 is 0 Å². The lowest BCUT2D eigenvalue weighted by atomic mass is 10.0. The molecule has 0 bridgehead atoms. The largest absolute Gasteiger partial charge is 0.369 e. The third-order valence-corrected chi connectivity index (χ3v) is 4.46. The summed E-state index contributed by atoms with van der Waals surface area (Å²) in [6.07, 6.45) is 1.05. The van der Waals surface area contributed by atoms with Gasteiger partial charge in [-0.1, -0.05) is 20.3 Å². The summed E-state index contributed by atoms with van der Waals surface area (Å²) < 4.78 is 16.2. The topological polar surface area (TPSA) is 43.8 Å². The summed E-state index contributed by atoms with van der Waals surface area (Å²) in [5.74, 6) is 0.701. The molecule has 18 heavy (non-hydrogen) atoms. The molecule has 3 nitrogen and oxygen atoms in total. The molecule has 0 amide bonds. The molecule has 98 valence electrons. The van der Waals surface area contributed by atoms with Crippen LogP contribution in [0.5, 0.6) is 0 Å². The summed E-state index contributed by atoms with van der Waals surface area (Å²) in [6.45, 7) is 6.40. The quantitative estimate of drug-likeness (QED) is 0.841. The number of anilines is 1. The number of benzene rings is 1. The smallest absolute Gasteiger partial charge is 0.201 e. The fourth-order valence-electron chi connectivity index (χ4n) is 2.13. The van der Waals surface area contributed by atoms with E-state index in [9.17, 15) is 4.39 Å². The van der Waals surface area contributed by atoms with Gasteiger partial charge in [0, 0.05) is 12.1 Å². The second kappa shape index (κ2) is 5.03. The summed E-state index contributed by atoms with van der Waals surface area (Å²) >= 11 is 1.97. The van der Waals surface area contributed by atoms with E-state index in [0.29, 0.717) is 15.4 Å². The number of nitrogens with two attached hydrogens (primary N) is 1. The first-order valence-corrected chi connectivity index (χ1v) is 7.16. The number of aromatic nitrogens is 2. The fourth-order valence-corrected chi connectivity index (χ4v) is 2.58. The molecule has 2 unspecified atom stereocenters. The Kier molecular flexibility index (Phi) is 3.79. The molecule has 0 saturated heterocycles. The van der Waals surface area contributed by atoms with E-state index in [1.165, 1.54) is 6.07 Å². The Morgan fingerprint density at radius 1 is 1.44 bits per heavy atom. The molecule has 0 radical (unpaired) electrons. The number of nitrogens with zero attached hydrogens (tertiary/aromatic N) is 2. The molecule has 0 fully saturated rings. The zero-order valence-electron chi connectivity index (χ0n) is 10.7. The molecule has 2 aromatic rings. The summed E-state index contributed by atoms with van der Waals surface area (Å²) in [5, 5.41) is 0. The maximum absolute atomic E-state index is 13.7. The first-order valence-electron chi connectivity index (χ1n) is 6.08. The number of imidazole rings is 1. The van der Waals surface area contributed by atoms with Crippen LogP contribution in [0, 0.1) is 15.3 Å². The van der Waals surface area contributed by atoms with Gasteiger partial charge in [-0.15, -0.1) is 0 Å². The average molecular weight is 361 g/mol. The SMILES string of the molecule is CCC(C)C(C)n1c(N)nc2cc(I)c(F)cc21. The Labute approximate surface area is 120 Å². The van der Waals surface area contributed by atoms with Crippen LogP contribution in [0.25, 0.3) is 11.0 Å². The zero-order valence-corrected chi connectivity index (χ0v) is 12.9. The van der Waals surface area contributed by atoms with Crippen LogP contribution in [-0.4, -0.2) is 9.55 Å². The maximum atomic E-state index is 13.7. The van der Waals surface area contributed by atoms with Crippen molar-refractivity contribution in [1.82, 2.24) is 9.55 Å². The first-order chi connectivity index (χ1) is 8.45. The highest BCUT2D eigenvalue weighted by Gasteiger charge is 2.19. The van der Waals surface area contributed by atoms with Crippen molar-refractivity contribution in [2.24, 2.45) is 5.92 Å². The predicted molar refractivity (Wildman–Crippen MR) is 81.0 cm³/mol. The van der Waals surface area contributed by atoms with Gasteiger partial charge in [-0.2, -0.15) is 0 Å². The van der Waals surface area contributed by atoms with Gasteiger partial charge in [0.25, 0.3) is 0 Å². The lowest BCUT2D eigenvalue weighted by molar-refractivity contribution is 0.381. The minimum Gasteiger partial charge on any atom is -0.369 e. The Bertz CT molecular complexity index is 579. The van der Waals surface area contributed by atoms with Gasteiger partial charge in [-0.3, -0.25) is 0 Å². The van der Waals surface area contributed by atoms with Crippen molar-refractivity contribution < 1.29 is 4.39 Å². The second-order valence-corrected chi connectivity index (χ2v) is 5.88. The van der Waals surface area contributed by atoms with Crippen LogP contribution in [0.4, 0.5) is 10.3 Å². The Balaban J connectivity index is 2.63. The molecule has 2 N–H and O–H groups in total. The number of rotatable bonds is 3.